The van der Waals surface area contributed by atoms with E-state index in [4.69, 9.17) is 4.42 Å². The van der Waals surface area contributed by atoms with Crippen LogP contribution in [0.3, 0.4) is 0 Å². The first-order chi connectivity index (χ1) is 13.2. The molecule has 0 unspecified atom stereocenters. The fourth-order valence-electron chi connectivity index (χ4n) is 4.15. The van der Waals surface area contributed by atoms with E-state index in [1.165, 1.54) is 41.9 Å². The second-order valence-electron chi connectivity index (χ2n) is 7.04. The van der Waals surface area contributed by atoms with E-state index >= 15 is 0 Å². The van der Waals surface area contributed by atoms with E-state index in [9.17, 15) is 0 Å². The number of nitrogens with zero attached hydrogens (tertiary/aromatic N) is 2. The molecule has 0 bridgehead atoms. The molecule has 0 aliphatic rings. The molecule has 0 fully saturated rings. The molecule has 0 N–H and O–H groups in total. The molecule has 0 aliphatic heterocycles. The van der Waals surface area contributed by atoms with Gasteiger partial charge in [0, 0.05) is 0 Å². The Morgan fingerprint density at radius 2 is 1.74 bits per heavy atom. The molecule has 3 heterocycles. The summed E-state index contributed by atoms with van der Waals surface area (Å²) in [6.45, 7) is 2.17. The Kier molecular flexibility index (Phi) is 3.03. The maximum absolute atomic E-state index is 6.37. The second-order valence-corrected chi connectivity index (χ2v) is 9.27. The van der Waals surface area contributed by atoms with Gasteiger partial charge in [0.25, 0.3) is 0 Å². The summed E-state index contributed by atoms with van der Waals surface area (Å²) in [4.78, 5) is 0. The molecule has 0 atom stereocenters. The van der Waals surface area contributed by atoms with Gasteiger partial charge in [-0.3, -0.25) is 0 Å². The number of aryl methyl sites for hydroxylation is 2. The number of furan rings is 1. The van der Waals surface area contributed by atoms with Crippen LogP contribution in [0.15, 0.2) is 71.3 Å². The van der Waals surface area contributed by atoms with Crippen molar-refractivity contribution in [3.8, 4) is 11.4 Å². The summed E-state index contributed by atoms with van der Waals surface area (Å²) in [7, 11) is 2.14. The molecule has 0 spiro atoms. The summed E-state index contributed by atoms with van der Waals surface area (Å²) in [6.07, 6.45) is 2.27. The minimum absolute atomic E-state index is 0.336. The number of benzene rings is 3. The fourth-order valence-corrected chi connectivity index (χ4v) is 6.50. The Labute approximate surface area is 161 Å². The number of rotatable bonds is 1. The van der Waals surface area contributed by atoms with Crippen molar-refractivity contribution in [3.05, 3.63) is 72.4 Å². The molecule has 6 rings (SSSR count). The van der Waals surface area contributed by atoms with Crippen LogP contribution in [-0.4, -0.2) is 18.9 Å². The van der Waals surface area contributed by atoms with E-state index in [1.807, 2.05) is 6.07 Å². The first-order valence-electron chi connectivity index (χ1n) is 9.02. The molecule has 4 heteroatoms. The van der Waals surface area contributed by atoms with Crippen molar-refractivity contribution in [1.82, 2.24) is 4.40 Å². The van der Waals surface area contributed by atoms with Crippen LogP contribution in [-0.2, 0) is 7.05 Å². The Morgan fingerprint density at radius 1 is 0.926 bits per heavy atom. The predicted molar refractivity (Wildman–Crippen MR) is 110 cm³/mol. The van der Waals surface area contributed by atoms with Gasteiger partial charge < -0.3 is 0 Å². The van der Waals surface area contributed by atoms with E-state index < -0.39 is 0 Å². The maximum atomic E-state index is 6.37. The Bertz CT molecular complexity index is 1500. The third kappa shape index (κ3) is 2.00. The predicted octanol–water partition coefficient (Wildman–Crippen LogP) is 4.85. The molecule has 3 aromatic heterocycles. The van der Waals surface area contributed by atoms with Crippen molar-refractivity contribution in [1.29, 1.82) is 0 Å². The molecule has 27 heavy (non-hydrogen) atoms. The average molecular weight is 416 g/mol. The van der Waals surface area contributed by atoms with Crippen LogP contribution in [0.5, 0.6) is 0 Å². The zero-order chi connectivity index (χ0) is 18.1. The molecule has 0 saturated heterocycles. The van der Waals surface area contributed by atoms with Crippen LogP contribution in [0.4, 0.5) is 0 Å². The Balaban J connectivity index is 1.83. The van der Waals surface area contributed by atoms with Gasteiger partial charge in [-0.05, 0) is 0 Å². The number of hydrogen-bond acceptors (Lipinski definition) is 1. The number of imidazole rings is 1. The van der Waals surface area contributed by atoms with Crippen molar-refractivity contribution in [2.45, 2.75) is 6.92 Å². The summed E-state index contributed by atoms with van der Waals surface area (Å²) in [5.74, 6) is 1.19. The number of hydrogen-bond donors (Lipinski definition) is 0. The van der Waals surface area contributed by atoms with Gasteiger partial charge in [-0.1, -0.05) is 0 Å². The minimum atomic E-state index is 0.336. The standard InChI is InChI=1S/C23H17N2OSe/c1-14-11-12-16-15-7-3-5-9-18(15)26-22(16)21(14)23-24(2)13-20-25(23)17-8-4-6-10-19(17)27-20/h3-13H,1-2H3/q+1. The summed E-state index contributed by atoms with van der Waals surface area (Å²) >= 11 is 0.336. The third-order valence-corrected chi connectivity index (χ3v) is 7.60. The van der Waals surface area contributed by atoms with E-state index in [1.54, 1.807) is 0 Å². The first kappa shape index (κ1) is 15.3. The van der Waals surface area contributed by atoms with Crippen molar-refractivity contribution in [2.24, 2.45) is 7.05 Å². The van der Waals surface area contributed by atoms with Crippen LogP contribution in [0.25, 0.3) is 47.5 Å². The van der Waals surface area contributed by atoms with Crippen LogP contribution in [0, 0.1) is 6.92 Å². The van der Waals surface area contributed by atoms with Crippen molar-refractivity contribution < 1.29 is 8.98 Å². The van der Waals surface area contributed by atoms with Gasteiger partial charge >= 0.3 is 162 Å². The number of aromatic nitrogens is 2. The number of fused-ring (bicyclic) bond motifs is 6. The van der Waals surface area contributed by atoms with Gasteiger partial charge in [-0.15, -0.1) is 0 Å². The van der Waals surface area contributed by atoms with Crippen LogP contribution in [0.2, 0.25) is 0 Å². The monoisotopic (exact) mass is 417 g/mol. The normalized spacial score (nSPS) is 12.1. The van der Waals surface area contributed by atoms with Gasteiger partial charge in [-0.25, -0.2) is 0 Å². The van der Waals surface area contributed by atoms with E-state index in [2.05, 4.69) is 83.7 Å². The second kappa shape index (κ2) is 5.35. The van der Waals surface area contributed by atoms with Gasteiger partial charge in [-0.2, -0.15) is 0 Å². The summed E-state index contributed by atoms with van der Waals surface area (Å²) in [6, 6.07) is 21.4. The van der Waals surface area contributed by atoms with Gasteiger partial charge in [0.2, 0.25) is 0 Å². The molecular formula is C23H17N2OSe+. The average Bonchev–Trinajstić information content (AvgIpc) is 3.31. The molecule has 0 aliphatic carbocycles. The molecule has 3 nitrogen and oxygen atoms in total. The van der Waals surface area contributed by atoms with Crippen molar-refractivity contribution in [2.75, 3.05) is 0 Å². The Hall–Kier alpha value is -2.81. The van der Waals surface area contributed by atoms with E-state index in [0.29, 0.717) is 14.5 Å². The fraction of sp³-hybridized carbons (Fsp3) is 0.0870. The van der Waals surface area contributed by atoms with Gasteiger partial charge in [0.05, 0.1) is 0 Å². The van der Waals surface area contributed by atoms with Gasteiger partial charge in [0.1, 0.15) is 0 Å². The topological polar surface area (TPSA) is 21.4 Å². The molecule has 3 aromatic carbocycles. The van der Waals surface area contributed by atoms with Crippen molar-refractivity contribution in [3.63, 3.8) is 0 Å². The molecule has 0 saturated carbocycles. The van der Waals surface area contributed by atoms with Crippen molar-refractivity contribution >= 4 is 50.6 Å². The zero-order valence-corrected chi connectivity index (χ0v) is 16.8. The molecule has 0 amide bonds. The van der Waals surface area contributed by atoms with Gasteiger partial charge in [0.15, 0.2) is 0 Å². The van der Waals surface area contributed by atoms with Crippen LogP contribution >= 0.6 is 0 Å². The summed E-state index contributed by atoms with van der Waals surface area (Å²) in [5.41, 5.74) is 5.64. The molecular weight excluding hydrogens is 399 g/mol. The Morgan fingerprint density at radius 3 is 2.67 bits per heavy atom. The third-order valence-electron chi connectivity index (χ3n) is 5.37. The summed E-state index contributed by atoms with van der Waals surface area (Å²) < 4.78 is 13.9. The number of para-hydroxylation sites is 2. The zero-order valence-electron chi connectivity index (χ0n) is 15.1. The molecule has 0 radical (unpaired) electrons. The molecule has 6 aromatic rings. The quantitative estimate of drug-likeness (QED) is 0.277. The van der Waals surface area contributed by atoms with E-state index in [-0.39, 0.29) is 0 Å². The first-order valence-corrected chi connectivity index (χ1v) is 10.7. The summed E-state index contributed by atoms with van der Waals surface area (Å²) in [5, 5.41) is 2.35. The van der Waals surface area contributed by atoms with Crippen LogP contribution in [0.1, 0.15) is 5.56 Å². The van der Waals surface area contributed by atoms with Crippen LogP contribution < -0.4 is 4.57 Å². The SMILES string of the molecule is Cc1ccc2c(oc3ccccc32)c1-c1n2c(c[n+]1C)[se]c1ccccc12. The molecule has 130 valence electrons. The van der Waals surface area contributed by atoms with E-state index in [0.717, 1.165) is 11.2 Å².